The van der Waals surface area contributed by atoms with Crippen LogP contribution in [0.4, 0.5) is 9.59 Å². The van der Waals surface area contributed by atoms with Crippen LogP contribution in [-0.4, -0.2) is 72.2 Å². The Morgan fingerprint density at radius 1 is 0.551 bits per heavy atom. The lowest BCUT2D eigenvalue weighted by atomic mass is 10.0. The standard InChI is InChI=1S/C39H40N4O6/c44-36(40-22-34-26-48-38(46)42(34)24-28-14-18-32(19-15-28)30-8-3-1-4-9-30)12-7-13-37(45)41-23-35-27-49-39(47)43(35)25-29-16-20-33(21-17-29)31-10-5-2-6-11-31/h1-6,8-11,14-21,34-35H,7,12-13,22-27H2,(H,40,44)(H,41,45). The molecule has 4 aromatic rings. The zero-order valence-electron chi connectivity index (χ0n) is 27.3. The maximum Gasteiger partial charge on any atom is 0.410 e. The maximum atomic E-state index is 12.6. The molecule has 2 aliphatic rings. The van der Waals surface area contributed by atoms with Gasteiger partial charge in [-0.15, -0.1) is 0 Å². The van der Waals surface area contributed by atoms with Crippen LogP contribution >= 0.6 is 0 Å². The average molecular weight is 661 g/mol. The molecule has 0 bridgehead atoms. The van der Waals surface area contributed by atoms with E-state index in [-0.39, 0.29) is 63.0 Å². The third kappa shape index (κ3) is 8.84. The van der Waals surface area contributed by atoms with Crippen molar-refractivity contribution in [2.45, 2.75) is 44.4 Å². The normalized spacial score (nSPS) is 17.1. The first-order valence-electron chi connectivity index (χ1n) is 16.6. The number of nitrogens with zero attached hydrogens (tertiary/aromatic N) is 2. The van der Waals surface area contributed by atoms with Crippen LogP contribution < -0.4 is 10.6 Å². The van der Waals surface area contributed by atoms with Gasteiger partial charge in [-0.05, 0) is 39.8 Å². The number of ether oxygens (including phenoxy) is 2. The van der Waals surface area contributed by atoms with Gasteiger partial charge in [-0.1, -0.05) is 109 Å². The van der Waals surface area contributed by atoms with Crippen LogP contribution in [0.3, 0.4) is 0 Å². The Bertz CT molecular complexity index is 1600. The van der Waals surface area contributed by atoms with E-state index in [4.69, 9.17) is 9.47 Å². The van der Waals surface area contributed by atoms with Crippen LogP contribution in [0.2, 0.25) is 0 Å². The highest BCUT2D eigenvalue weighted by atomic mass is 16.6. The molecule has 0 saturated carbocycles. The zero-order chi connectivity index (χ0) is 34.0. The summed E-state index contributed by atoms with van der Waals surface area (Å²) in [4.78, 5) is 53.3. The quantitative estimate of drug-likeness (QED) is 0.178. The summed E-state index contributed by atoms with van der Waals surface area (Å²) in [5.74, 6) is -0.392. The highest BCUT2D eigenvalue weighted by molar-refractivity contribution is 5.79. The molecule has 0 radical (unpaired) electrons. The summed E-state index contributed by atoms with van der Waals surface area (Å²) in [7, 11) is 0. The first kappa shape index (κ1) is 33.3. The van der Waals surface area contributed by atoms with E-state index in [9.17, 15) is 19.2 Å². The summed E-state index contributed by atoms with van der Waals surface area (Å²) in [6.45, 7) is 1.69. The van der Waals surface area contributed by atoms with Gasteiger partial charge in [0, 0.05) is 39.0 Å². The van der Waals surface area contributed by atoms with E-state index in [1.165, 1.54) is 0 Å². The Kier molecular flexibility index (Phi) is 10.8. The number of carbonyl (C=O) groups is 4. The molecule has 2 atom stereocenters. The van der Waals surface area contributed by atoms with Gasteiger partial charge in [0.1, 0.15) is 13.2 Å². The number of rotatable bonds is 14. The topological polar surface area (TPSA) is 117 Å². The van der Waals surface area contributed by atoms with E-state index >= 15 is 0 Å². The Hall–Kier alpha value is -5.64. The number of benzene rings is 4. The SMILES string of the molecule is O=C(CCCC(=O)NCC1COC(=O)N1Cc1ccc(-c2ccccc2)cc1)NCC1COC(=O)N1Cc1ccc(-c2ccccc2)cc1. The summed E-state index contributed by atoms with van der Waals surface area (Å²) in [5.41, 5.74) is 6.37. The fourth-order valence-corrected chi connectivity index (χ4v) is 6.01. The molecule has 4 aromatic carbocycles. The molecule has 2 saturated heterocycles. The monoisotopic (exact) mass is 660 g/mol. The van der Waals surface area contributed by atoms with Crippen LogP contribution in [0.1, 0.15) is 30.4 Å². The van der Waals surface area contributed by atoms with Crippen molar-refractivity contribution in [2.24, 2.45) is 0 Å². The van der Waals surface area contributed by atoms with Gasteiger partial charge in [0.15, 0.2) is 0 Å². The van der Waals surface area contributed by atoms with Crippen LogP contribution in [0.25, 0.3) is 22.3 Å². The van der Waals surface area contributed by atoms with Crippen molar-refractivity contribution < 1.29 is 28.7 Å². The Morgan fingerprint density at radius 2 is 0.918 bits per heavy atom. The fourth-order valence-electron chi connectivity index (χ4n) is 6.01. The maximum absolute atomic E-state index is 12.6. The minimum Gasteiger partial charge on any atom is -0.447 e. The van der Waals surface area contributed by atoms with Gasteiger partial charge in [0.05, 0.1) is 12.1 Å². The summed E-state index contributed by atoms with van der Waals surface area (Å²) in [5, 5.41) is 5.77. The molecule has 2 aliphatic heterocycles. The van der Waals surface area contributed by atoms with E-state index in [1.54, 1.807) is 9.80 Å². The van der Waals surface area contributed by atoms with E-state index in [1.807, 2.05) is 84.9 Å². The van der Waals surface area contributed by atoms with Gasteiger partial charge in [0.2, 0.25) is 11.8 Å². The Balaban J connectivity index is 0.894. The molecule has 10 nitrogen and oxygen atoms in total. The molecule has 6 rings (SSSR count). The average Bonchev–Trinajstić information content (AvgIpc) is 3.67. The highest BCUT2D eigenvalue weighted by Gasteiger charge is 2.34. The van der Waals surface area contributed by atoms with E-state index in [2.05, 4.69) is 34.9 Å². The molecular weight excluding hydrogens is 620 g/mol. The van der Waals surface area contributed by atoms with Gasteiger partial charge in [0.25, 0.3) is 0 Å². The number of cyclic esters (lactones) is 2. The molecule has 49 heavy (non-hydrogen) atoms. The molecule has 0 aliphatic carbocycles. The minimum absolute atomic E-state index is 0.173. The van der Waals surface area contributed by atoms with Gasteiger partial charge in [-0.3, -0.25) is 19.4 Å². The van der Waals surface area contributed by atoms with E-state index in [0.717, 1.165) is 33.4 Å². The summed E-state index contributed by atoms with van der Waals surface area (Å²) in [6, 6.07) is 35.7. The Labute approximate surface area is 286 Å². The zero-order valence-corrected chi connectivity index (χ0v) is 27.3. The third-order valence-electron chi connectivity index (χ3n) is 8.85. The molecular formula is C39H40N4O6. The molecule has 2 unspecified atom stereocenters. The number of carbonyl (C=O) groups excluding carboxylic acids is 4. The summed E-state index contributed by atoms with van der Waals surface area (Å²) >= 11 is 0. The van der Waals surface area contributed by atoms with Crippen molar-refractivity contribution in [3.05, 3.63) is 120 Å². The number of nitrogens with one attached hydrogen (secondary N) is 2. The fraction of sp³-hybridized carbons (Fsp3) is 0.282. The van der Waals surface area contributed by atoms with Crippen molar-refractivity contribution in [2.75, 3.05) is 26.3 Å². The van der Waals surface area contributed by atoms with Crippen molar-refractivity contribution in [1.29, 1.82) is 0 Å². The summed E-state index contributed by atoms with van der Waals surface area (Å²) < 4.78 is 10.6. The molecule has 2 fully saturated rings. The number of hydrogen-bond donors (Lipinski definition) is 2. The first-order chi connectivity index (χ1) is 23.9. The molecule has 2 heterocycles. The lowest BCUT2D eigenvalue weighted by Crippen LogP contribution is -2.42. The lowest BCUT2D eigenvalue weighted by molar-refractivity contribution is -0.122. The van der Waals surface area contributed by atoms with Crippen molar-refractivity contribution in [1.82, 2.24) is 20.4 Å². The largest absolute Gasteiger partial charge is 0.447 e. The second-order valence-electron chi connectivity index (χ2n) is 12.3. The third-order valence-corrected chi connectivity index (χ3v) is 8.85. The van der Waals surface area contributed by atoms with E-state index in [0.29, 0.717) is 19.5 Å². The summed E-state index contributed by atoms with van der Waals surface area (Å²) in [6.07, 6.45) is -0.0981. The molecule has 10 heteroatoms. The predicted molar refractivity (Wildman–Crippen MR) is 185 cm³/mol. The van der Waals surface area contributed by atoms with Gasteiger partial charge in [-0.25, -0.2) is 9.59 Å². The Morgan fingerprint density at radius 3 is 1.31 bits per heavy atom. The van der Waals surface area contributed by atoms with Crippen LogP contribution in [0, 0.1) is 0 Å². The van der Waals surface area contributed by atoms with Gasteiger partial charge < -0.3 is 20.1 Å². The molecule has 0 aromatic heterocycles. The number of hydrogen-bond acceptors (Lipinski definition) is 6. The molecule has 2 N–H and O–H groups in total. The predicted octanol–water partition coefficient (Wildman–Crippen LogP) is 5.77. The van der Waals surface area contributed by atoms with Crippen molar-refractivity contribution >= 4 is 24.0 Å². The van der Waals surface area contributed by atoms with Gasteiger partial charge in [-0.2, -0.15) is 0 Å². The van der Waals surface area contributed by atoms with Crippen molar-refractivity contribution in [3.63, 3.8) is 0 Å². The second kappa shape index (κ2) is 16.0. The van der Waals surface area contributed by atoms with Crippen LogP contribution in [-0.2, 0) is 32.2 Å². The second-order valence-corrected chi connectivity index (χ2v) is 12.3. The lowest BCUT2D eigenvalue weighted by Gasteiger charge is -2.22. The van der Waals surface area contributed by atoms with Crippen LogP contribution in [0.15, 0.2) is 109 Å². The molecule has 0 spiro atoms. The van der Waals surface area contributed by atoms with Gasteiger partial charge >= 0.3 is 12.2 Å². The molecule has 252 valence electrons. The highest BCUT2D eigenvalue weighted by Crippen LogP contribution is 2.23. The first-order valence-corrected chi connectivity index (χ1v) is 16.6. The van der Waals surface area contributed by atoms with Crippen molar-refractivity contribution in [3.8, 4) is 22.3 Å². The smallest absolute Gasteiger partial charge is 0.410 e. The molecule has 4 amide bonds. The van der Waals surface area contributed by atoms with E-state index < -0.39 is 12.2 Å². The minimum atomic E-state index is -0.406. The van der Waals surface area contributed by atoms with Crippen LogP contribution in [0.5, 0.6) is 0 Å². The number of amides is 4.